The molecule has 2 nitrogen and oxygen atoms in total. The number of rotatable bonds is 2. The van der Waals surface area contributed by atoms with Crippen molar-refractivity contribution < 1.29 is 0 Å². The first kappa shape index (κ1) is 15.3. The van der Waals surface area contributed by atoms with E-state index in [0.29, 0.717) is 12.0 Å². The number of hydrogen-bond acceptors (Lipinski definition) is 1. The fourth-order valence-electron chi connectivity index (χ4n) is 2.98. The van der Waals surface area contributed by atoms with Gasteiger partial charge >= 0.3 is 0 Å². The molecule has 0 radical (unpaired) electrons. The molecule has 0 unspecified atom stereocenters. The number of thiocarbonyl (C=S) groups is 1. The smallest absolute Gasteiger partial charge is 0.171 e. The highest BCUT2D eigenvalue weighted by atomic mass is 32.1. The molecule has 1 aromatic rings. The molecule has 0 aliphatic heterocycles. The van der Waals surface area contributed by atoms with E-state index in [1.165, 1.54) is 30.4 Å². The van der Waals surface area contributed by atoms with E-state index >= 15 is 0 Å². The quantitative estimate of drug-likeness (QED) is 0.789. The standard InChI is InChI=1S/C17H26N2S/c1-11-8-9-13(3)16(10-11)19-17(20)18-15-7-5-6-12(2)14(15)4/h8-10,12,14-15H,5-7H2,1-4H3,(H2,18,19,20)/t12-,14+,15+/m0/s1. The summed E-state index contributed by atoms with van der Waals surface area (Å²) < 4.78 is 0. The molecule has 1 aromatic carbocycles. The topological polar surface area (TPSA) is 24.1 Å². The van der Waals surface area contributed by atoms with Gasteiger partial charge in [-0.1, -0.05) is 38.8 Å². The minimum absolute atomic E-state index is 0.504. The van der Waals surface area contributed by atoms with Gasteiger partial charge in [-0.15, -0.1) is 0 Å². The fourth-order valence-corrected chi connectivity index (χ4v) is 3.24. The van der Waals surface area contributed by atoms with Crippen LogP contribution >= 0.6 is 12.2 Å². The summed E-state index contributed by atoms with van der Waals surface area (Å²) in [6, 6.07) is 6.91. The van der Waals surface area contributed by atoms with Crippen LogP contribution < -0.4 is 10.6 Å². The van der Waals surface area contributed by atoms with Crippen LogP contribution in [0.1, 0.15) is 44.2 Å². The van der Waals surface area contributed by atoms with Crippen molar-refractivity contribution in [2.75, 3.05) is 5.32 Å². The van der Waals surface area contributed by atoms with Crippen LogP contribution in [0.4, 0.5) is 5.69 Å². The van der Waals surface area contributed by atoms with Crippen LogP contribution in [0.25, 0.3) is 0 Å². The number of aryl methyl sites for hydroxylation is 2. The Kier molecular flexibility index (Phi) is 5.03. The maximum absolute atomic E-state index is 5.49. The lowest BCUT2D eigenvalue weighted by Gasteiger charge is -2.35. The minimum atomic E-state index is 0.504. The summed E-state index contributed by atoms with van der Waals surface area (Å²) in [7, 11) is 0. The van der Waals surface area contributed by atoms with Gasteiger partial charge in [-0.25, -0.2) is 0 Å². The summed E-state index contributed by atoms with van der Waals surface area (Å²) in [5.74, 6) is 1.46. The molecule has 3 heteroatoms. The second kappa shape index (κ2) is 6.57. The summed E-state index contributed by atoms with van der Waals surface area (Å²) in [4.78, 5) is 0. The second-order valence-corrected chi connectivity index (χ2v) is 6.70. The number of nitrogens with one attached hydrogen (secondary N) is 2. The van der Waals surface area contributed by atoms with Crippen LogP contribution in [-0.2, 0) is 0 Å². The molecule has 2 N–H and O–H groups in total. The SMILES string of the molecule is Cc1ccc(C)c(NC(=S)N[C@@H]2CCC[C@H](C)[C@H]2C)c1. The number of benzene rings is 1. The van der Waals surface area contributed by atoms with Crippen molar-refractivity contribution in [3.8, 4) is 0 Å². The van der Waals surface area contributed by atoms with E-state index in [4.69, 9.17) is 12.2 Å². The average molecular weight is 290 g/mol. The Balaban J connectivity index is 1.97. The molecule has 1 aliphatic rings. The predicted octanol–water partition coefficient (Wildman–Crippen LogP) is 4.41. The number of hydrogen-bond donors (Lipinski definition) is 2. The Labute approximate surface area is 128 Å². The molecule has 1 aliphatic carbocycles. The Morgan fingerprint density at radius 3 is 2.70 bits per heavy atom. The van der Waals surface area contributed by atoms with E-state index in [2.05, 4.69) is 56.5 Å². The summed E-state index contributed by atoms with van der Waals surface area (Å²) >= 11 is 5.49. The molecule has 0 saturated heterocycles. The van der Waals surface area contributed by atoms with Gasteiger partial charge in [0.25, 0.3) is 0 Å². The van der Waals surface area contributed by atoms with E-state index < -0.39 is 0 Å². The first-order valence-corrected chi connectivity index (χ1v) is 8.03. The number of anilines is 1. The summed E-state index contributed by atoms with van der Waals surface area (Å²) in [5.41, 5.74) is 3.59. The highest BCUT2D eigenvalue weighted by molar-refractivity contribution is 7.80. The molecular formula is C17H26N2S. The molecule has 1 fully saturated rings. The zero-order valence-electron chi connectivity index (χ0n) is 13.0. The molecule has 0 amide bonds. The van der Waals surface area contributed by atoms with Gasteiger partial charge in [0.15, 0.2) is 5.11 Å². The van der Waals surface area contributed by atoms with Crippen molar-refractivity contribution in [2.24, 2.45) is 11.8 Å². The van der Waals surface area contributed by atoms with E-state index in [1.54, 1.807) is 0 Å². The maximum atomic E-state index is 5.49. The Morgan fingerprint density at radius 1 is 1.20 bits per heavy atom. The molecule has 0 heterocycles. The van der Waals surface area contributed by atoms with Crippen LogP contribution in [0.5, 0.6) is 0 Å². The lowest BCUT2D eigenvalue weighted by Crippen LogP contribution is -2.45. The van der Waals surface area contributed by atoms with Gasteiger partial charge in [-0.2, -0.15) is 0 Å². The summed E-state index contributed by atoms with van der Waals surface area (Å²) in [6.45, 7) is 8.89. The van der Waals surface area contributed by atoms with Gasteiger partial charge in [0, 0.05) is 11.7 Å². The van der Waals surface area contributed by atoms with E-state index in [9.17, 15) is 0 Å². The monoisotopic (exact) mass is 290 g/mol. The van der Waals surface area contributed by atoms with Gasteiger partial charge in [-0.3, -0.25) is 0 Å². The van der Waals surface area contributed by atoms with Crippen molar-refractivity contribution in [2.45, 2.75) is 53.0 Å². The molecule has 3 atom stereocenters. The van der Waals surface area contributed by atoms with Crippen molar-refractivity contribution in [1.82, 2.24) is 5.32 Å². The highest BCUT2D eigenvalue weighted by Gasteiger charge is 2.27. The van der Waals surface area contributed by atoms with Gasteiger partial charge in [0.1, 0.15) is 0 Å². The van der Waals surface area contributed by atoms with Crippen LogP contribution in [0.3, 0.4) is 0 Å². The molecule has 0 bridgehead atoms. The van der Waals surface area contributed by atoms with Crippen molar-refractivity contribution in [3.63, 3.8) is 0 Å². The third kappa shape index (κ3) is 3.72. The predicted molar refractivity (Wildman–Crippen MR) is 91.2 cm³/mol. The third-order valence-electron chi connectivity index (χ3n) is 4.66. The minimum Gasteiger partial charge on any atom is -0.359 e. The maximum Gasteiger partial charge on any atom is 0.171 e. The fraction of sp³-hybridized carbons (Fsp3) is 0.588. The summed E-state index contributed by atoms with van der Waals surface area (Å²) in [5, 5.41) is 7.62. The second-order valence-electron chi connectivity index (χ2n) is 6.29. The lowest BCUT2D eigenvalue weighted by atomic mass is 9.78. The summed E-state index contributed by atoms with van der Waals surface area (Å²) in [6.07, 6.45) is 3.87. The normalized spacial score (nSPS) is 26.1. The zero-order valence-corrected chi connectivity index (χ0v) is 13.8. The molecule has 0 aromatic heterocycles. The van der Waals surface area contributed by atoms with Gasteiger partial charge < -0.3 is 10.6 Å². The van der Waals surface area contributed by atoms with E-state index in [-0.39, 0.29) is 0 Å². The van der Waals surface area contributed by atoms with E-state index in [1.807, 2.05) is 0 Å². The van der Waals surface area contributed by atoms with Crippen LogP contribution in [0, 0.1) is 25.7 Å². The Hall–Kier alpha value is -1.09. The third-order valence-corrected chi connectivity index (χ3v) is 4.88. The molecule has 110 valence electrons. The first-order chi connectivity index (χ1) is 9.47. The molecule has 20 heavy (non-hydrogen) atoms. The Morgan fingerprint density at radius 2 is 1.95 bits per heavy atom. The molecule has 2 rings (SSSR count). The largest absolute Gasteiger partial charge is 0.359 e. The average Bonchev–Trinajstić information content (AvgIpc) is 2.39. The molecule has 1 saturated carbocycles. The van der Waals surface area contributed by atoms with Crippen molar-refractivity contribution >= 4 is 23.0 Å². The molecular weight excluding hydrogens is 264 g/mol. The zero-order chi connectivity index (χ0) is 14.7. The van der Waals surface area contributed by atoms with Gasteiger partial charge in [0.05, 0.1) is 0 Å². The van der Waals surface area contributed by atoms with Gasteiger partial charge in [-0.05, 0) is 61.5 Å². The van der Waals surface area contributed by atoms with Gasteiger partial charge in [0.2, 0.25) is 0 Å². The van der Waals surface area contributed by atoms with E-state index in [0.717, 1.165) is 16.7 Å². The highest BCUT2D eigenvalue weighted by Crippen LogP contribution is 2.29. The first-order valence-electron chi connectivity index (χ1n) is 7.62. The van der Waals surface area contributed by atoms with Crippen LogP contribution in [0.15, 0.2) is 18.2 Å². The Bertz CT molecular complexity index is 484. The van der Waals surface area contributed by atoms with Crippen molar-refractivity contribution in [1.29, 1.82) is 0 Å². The molecule has 0 spiro atoms. The van der Waals surface area contributed by atoms with Crippen LogP contribution in [0.2, 0.25) is 0 Å². The van der Waals surface area contributed by atoms with Crippen molar-refractivity contribution in [3.05, 3.63) is 29.3 Å². The van der Waals surface area contributed by atoms with Crippen LogP contribution in [-0.4, -0.2) is 11.2 Å². The lowest BCUT2D eigenvalue weighted by molar-refractivity contribution is 0.225.